The van der Waals surface area contributed by atoms with Gasteiger partial charge in [0, 0.05) is 0 Å². The fraction of sp³-hybridized carbons (Fsp3) is 0.133. The molecule has 0 saturated carbocycles. The van der Waals surface area contributed by atoms with Crippen molar-refractivity contribution in [3.05, 3.63) is 59.7 Å². The highest BCUT2D eigenvalue weighted by Crippen LogP contribution is 2.15. The van der Waals surface area contributed by atoms with E-state index in [9.17, 15) is 4.79 Å². The van der Waals surface area contributed by atoms with Crippen molar-refractivity contribution in [3.63, 3.8) is 0 Å². The molecule has 3 N–H and O–H groups in total. The molecule has 1 aromatic heterocycles. The van der Waals surface area contributed by atoms with E-state index >= 15 is 0 Å². The highest BCUT2D eigenvalue weighted by molar-refractivity contribution is 5.78. The molecule has 21 heavy (non-hydrogen) atoms. The predicted octanol–water partition coefficient (Wildman–Crippen LogP) is 1.01. The van der Waals surface area contributed by atoms with Gasteiger partial charge in [-0.15, -0.1) is 5.10 Å². The zero-order valence-corrected chi connectivity index (χ0v) is 11.4. The van der Waals surface area contributed by atoms with Gasteiger partial charge in [-0.2, -0.15) is 0 Å². The van der Waals surface area contributed by atoms with Gasteiger partial charge < -0.3 is 0 Å². The molecule has 0 aliphatic rings. The van der Waals surface area contributed by atoms with Crippen LogP contribution < -0.4 is 11.3 Å². The number of carbonyl (C=O) groups excluding carboxylic acids is 1. The predicted molar refractivity (Wildman–Crippen MR) is 79.1 cm³/mol. The van der Waals surface area contributed by atoms with E-state index in [2.05, 4.69) is 15.7 Å². The molecule has 6 nitrogen and oxygen atoms in total. The summed E-state index contributed by atoms with van der Waals surface area (Å²) in [6, 6.07) is 15.5. The van der Waals surface area contributed by atoms with Crippen molar-refractivity contribution < 1.29 is 4.79 Å². The van der Waals surface area contributed by atoms with E-state index in [1.807, 2.05) is 53.2 Å². The normalized spacial score (nSPS) is 10.7. The molecule has 0 unspecified atom stereocenters. The number of aromatic nitrogens is 3. The number of rotatable bonds is 4. The third-order valence-corrected chi connectivity index (χ3v) is 3.37. The van der Waals surface area contributed by atoms with Gasteiger partial charge in [0.2, 0.25) is 5.91 Å². The summed E-state index contributed by atoms with van der Waals surface area (Å²) in [4.78, 5) is 11.5. The Kier molecular flexibility index (Phi) is 3.61. The zero-order valence-electron chi connectivity index (χ0n) is 11.4. The summed E-state index contributed by atoms with van der Waals surface area (Å²) >= 11 is 0. The van der Waals surface area contributed by atoms with E-state index in [0.29, 0.717) is 6.54 Å². The number of hydrazine groups is 1. The van der Waals surface area contributed by atoms with Gasteiger partial charge >= 0.3 is 0 Å². The molecule has 0 radical (unpaired) electrons. The lowest BCUT2D eigenvalue weighted by Gasteiger charge is -2.09. The maximum Gasteiger partial charge on any atom is 0.238 e. The van der Waals surface area contributed by atoms with E-state index in [1.54, 1.807) is 0 Å². The summed E-state index contributed by atoms with van der Waals surface area (Å²) in [6.45, 7) is 0.564. The summed E-state index contributed by atoms with van der Waals surface area (Å²) in [7, 11) is 0. The molecular formula is C15H15N5O. The SMILES string of the molecule is NNC(=O)Cc1ccccc1Cn1nnc2ccccc21. The molecule has 1 amide bonds. The van der Waals surface area contributed by atoms with Gasteiger partial charge in [-0.3, -0.25) is 10.2 Å². The minimum Gasteiger partial charge on any atom is -0.294 e. The molecule has 0 aliphatic carbocycles. The lowest BCUT2D eigenvalue weighted by molar-refractivity contribution is -0.120. The third kappa shape index (κ3) is 2.75. The lowest BCUT2D eigenvalue weighted by atomic mass is 10.0. The first-order chi connectivity index (χ1) is 10.3. The Morgan fingerprint density at radius 2 is 1.81 bits per heavy atom. The Hall–Kier alpha value is -2.73. The highest BCUT2D eigenvalue weighted by Gasteiger charge is 2.09. The standard InChI is InChI=1S/C15H15N5O/c16-17-15(21)9-11-5-1-2-6-12(11)10-20-14-8-4-3-7-13(14)18-19-20/h1-8H,9-10,16H2,(H,17,21). The Bertz CT molecular complexity index is 780. The Morgan fingerprint density at radius 1 is 1.10 bits per heavy atom. The minimum absolute atomic E-state index is 0.217. The van der Waals surface area contributed by atoms with Crippen LogP contribution in [0, 0.1) is 0 Å². The maximum absolute atomic E-state index is 11.5. The van der Waals surface area contributed by atoms with E-state index in [4.69, 9.17) is 5.84 Å². The molecule has 106 valence electrons. The van der Waals surface area contributed by atoms with Crippen molar-refractivity contribution >= 4 is 16.9 Å². The van der Waals surface area contributed by atoms with Crippen LogP contribution in [0.2, 0.25) is 0 Å². The molecule has 0 bridgehead atoms. The third-order valence-electron chi connectivity index (χ3n) is 3.37. The topological polar surface area (TPSA) is 85.8 Å². The smallest absolute Gasteiger partial charge is 0.238 e. The summed E-state index contributed by atoms with van der Waals surface area (Å²) in [5.74, 6) is 4.94. The van der Waals surface area contributed by atoms with Crippen molar-refractivity contribution in [2.45, 2.75) is 13.0 Å². The summed E-state index contributed by atoms with van der Waals surface area (Å²) in [5, 5.41) is 8.31. The molecule has 0 atom stereocenters. The van der Waals surface area contributed by atoms with Gasteiger partial charge in [-0.05, 0) is 23.3 Å². The summed E-state index contributed by atoms with van der Waals surface area (Å²) in [5.41, 5.74) is 5.94. The minimum atomic E-state index is -0.217. The average Bonchev–Trinajstić information content (AvgIpc) is 2.92. The van der Waals surface area contributed by atoms with Gasteiger partial charge in [0.25, 0.3) is 0 Å². The van der Waals surface area contributed by atoms with Crippen LogP contribution in [-0.2, 0) is 17.8 Å². The Labute approximate surface area is 121 Å². The first-order valence-corrected chi connectivity index (χ1v) is 6.62. The number of nitrogens with zero attached hydrogens (tertiary/aromatic N) is 3. The molecule has 3 aromatic rings. The highest BCUT2D eigenvalue weighted by atomic mass is 16.2. The first-order valence-electron chi connectivity index (χ1n) is 6.62. The molecule has 3 rings (SSSR count). The number of nitrogens with two attached hydrogens (primary N) is 1. The number of nitrogens with one attached hydrogen (secondary N) is 1. The van der Waals surface area contributed by atoms with Crippen LogP contribution in [0.15, 0.2) is 48.5 Å². The van der Waals surface area contributed by atoms with Gasteiger partial charge in [0.15, 0.2) is 0 Å². The van der Waals surface area contributed by atoms with E-state index in [0.717, 1.165) is 22.2 Å². The number of amides is 1. The van der Waals surface area contributed by atoms with Crippen molar-refractivity contribution in [2.24, 2.45) is 5.84 Å². The quantitative estimate of drug-likeness (QED) is 0.424. The van der Waals surface area contributed by atoms with Gasteiger partial charge in [-0.25, -0.2) is 10.5 Å². The Balaban J connectivity index is 1.93. The van der Waals surface area contributed by atoms with Crippen molar-refractivity contribution in [1.82, 2.24) is 20.4 Å². The molecule has 0 aliphatic heterocycles. The molecule has 0 spiro atoms. The van der Waals surface area contributed by atoms with Crippen LogP contribution in [0.5, 0.6) is 0 Å². The number of carbonyl (C=O) groups is 1. The molecule has 0 fully saturated rings. The van der Waals surface area contributed by atoms with Crippen LogP contribution in [0.1, 0.15) is 11.1 Å². The van der Waals surface area contributed by atoms with Gasteiger partial charge in [0.1, 0.15) is 5.52 Å². The maximum atomic E-state index is 11.5. The van der Waals surface area contributed by atoms with Gasteiger partial charge in [-0.1, -0.05) is 41.6 Å². The second-order valence-corrected chi connectivity index (χ2v) is 4.75. The number of fused-ring (bicyclic) bond motifs is 1. The number of para-hydroxylation sites is 1. The average molecular weight is 281 g/mol. The van der Waals surface area contributed by atoms with E-state index in [-0.39, 0.29) is 12.3 Å². The Morgan fingerprint density at radius 3 is 2.62 bits per heavy atom. The van der Waals surface area contributed by atoms with Crippen molar-refractivity contribution in [3.8, 4) is 0 Å². The van der Waals surface area contributed by atoms with Crippen LogP contribution in [0.25, 0.3) is 11.0 Å². The fourth-order valence-corrected chi connectivity index (χ4v) is 2.30. The first kappa shape index (κ1) is 13.3. The molecule has 2 aromatic carbocycles. The van der Waals surface area contributed by atoms with Crippen LogP contribution in [0.4, 0.5) is 0 Å². The number of hydrogen-bond acceptors (Lipinski definition) is 4. The number of benzene rings is 2. The number of hydrogen-bond donors (Lipinski definition) is 2. The van der Waals surface area contributed by atoms with E-state index < -0.39 is 0 Å². The molecule has 0 saturated heterocycles. The van der Waals surface area contributed by atoms with Crippen molar-refractivity contribution in [2.75, 3.05) is 0 Å². The lowest BCUT2D eigenvalue weighted by Crippen LogP contribution is -2.31. The summed E-state index contributed by atoms with van der Waals surface area (Å²) < 4.78 is 1.83. The van der Waals surface area contributed by atoms with Crippen LogP contribution in [0.3, 0.4) is 0 Å². The zero-order chi connectivity index (χ0) is 14.7. The molecule has 6 heteroatoms. The monoisotopic (exact) mass is 281 g/mol. The molecular weight excluding hydrogens is 266 g/mol. The summed E-state index contributed by atoms with van der Waals surface area (Å²) in [6.07, 6.45) is 0.249. The van der Waals surface area contributed by atoms with E-state index in [1.165, 1.54) is 0 Å². The van der Waals surface area contributed by atoms with Gasteiger partial charge in [0.05, 0.1) is 18.5 Å². The molecule has 1 heterocycles. The largest absolute Gasteiger partial charge is 0.294 e. The second-order valence-electron chi connectivity index (χ2n) is 4.75. The van der Waals surface area contributed by atoms with Crippen LogP contribution >= 0.6 is 0 Å². The van der Waals surface area contributed by atoms with Crippen LogP contribution in [-0.4, -0.2) is 20.9 Å². The van der Waals surface area contributed by atoms with Crippen molar-refractivity contribution in [1.29, 1.82) is 0 Å². The fourth-order valence-electron chi connectivity index (χ4n) is 2.30. The second kappa shape index (κ2) is 5.72.